The van der Waals surface area contributed by atoms with Crippen molar-refractivity contribution in [3.63, 3.8) is 0 Å². The van der Waals surface area contributed by atoms with Crippen LogP contribution in [0, 0.1) is 10.1 Å². The van der Waals surface area contributed by atoms with Crippen LogP contribution in [0.1, 0.15) is 21.0 Å². The van der Waals surface area contributed by atoms with Crippen LogP contribution in [0.3, 0.4) is 0 Å². The van der Waals surface area contributed by atoms with Gasteiger partial charge in [-0.25, -0.2) is 9.97 Å². The van der Waals surface area contributed by atoms with E-state index in [0.29, 0.717) is 5.56 Å². The summed E-state index contributed by atoms with van der Waals surface area (Å²) in [7, 11) is 0. The first kappa shape index (κ1) is 21.7. The minimum absolute atomic E-state index is 0.0873. The molecule has 0 saturated carbocycles. The van der Waals surface area contributed by atoms with Gasteiger partial charge in [-0.1, -0.05) is 36.4 Å². The van der Waals surface area contributed by atoms with Crippen molar-refractivity contribution in [2.75, 3.05) is 6.54 Å². The molecule has 0 radical (unpaired) electrons. The maximum Gasteiger partial charge on any atom is 0.433 e. The van der Waals surface area contributed by atoms with Crippen molar-refractivity contribution in [1.82, 2.24) is 25.1 Å². The Balaban J connectivity index is 1.61. The molecule has 2 heterocycles. The van der Waals surface area contributed by atoms with Crippen molar-refractivity contribution in [3.8, 4) is 11.3 Å². The monoisotopic (exact) mass is 458 g/mol. The molecule has 0 unspecified atom stereocenters. The van der Waals surface area contributed by atoms with Crippen LogP contribution >= 0.6 is 0 Å². The van der Waals surface area contributed by atoms with E-state index in [-0.39, 0.29) is 10.4 Å². The summed E-state index contributed by atoms with van der Waals surface area (Å²) in [6.07, 6.45) is -4.00. The number of imidazole rings is 1. The van der Waals surface area contributed by atoms with Gasteiger partial charge in [-0.3, -0.25) is 9.59 Å². The van der Waals surface area contributed by atoms with Crippen LogP contribution in [0.2, 0.25) is 0 Å². The number of carbonyl (C=O) groups is 2. The van der Waals surface area contributed by atoms with Gasteiger partial charge in [0, 0.05) is 5.56 Å². The summed E-state index contributed by atoms with van der Waals surface area (Å²) in [6, 6.07) is 12.9. The smallest absolute Gasteiger partial charge is 0.358 e. The number of aromatic nitrogens is 4. The number of fused-ring (bicyclic) bond motifs is 1. The van der Waals surface area contributed by atoms with Crippen LogP contribution in [-0.2, 0) is 6.18 Å². The first-order valence-electron chi connectivity index (χ1n) is 9.31. The highest BCUT2D eigenvalue weighted by Crippen LogP contribution is 2.33. The molecular weight excluding hydrogens is 445 g/mol. The van der Waals surface area contributed by atoms with Crippen LogP contribution < -0.4 is 5.32 Å². The van der Waals surface area contributed by atoms with Crippen molar-refractivity contribution in [1.29, 1.82) is 0 Å². The zero-order valence-electron chi connectivity index (χ0n) is 16.5. The van der Waals surface area contributed by atoms with Gasteiger partial charge in [0.1, 0.15) is 0 Å². The largest absolute Gasteiger partial charge is 0.433 e. The molecule has 0 aliphatic heterocycles. The molecule has 0 saturated heterocycles. The number of halogens is 3. The standard InChI is InChI=1S/C20H13F3N6O4/c21-20(22,23)15-8-14(13-6-5-11-3-1-2-4-12(11)7-13)27-28(15)16(30)9-24-19(31)17-18(29(32)33)26-10-25-17/h1-8,10H,9H2,(H,24,31)(H,25,26). The molecule has 1 amide bonds. The summed E-state index contributed by atoms with van der Waals surface area (Å²) in [4.78, 5) is 40.2. The summed E-state index contributed by atoms with van der Waals surface area (Å²) in [5.74, 6) is -3.01. The molecule has 0 aliphatic rings. The molecule has 0 atom stereocenters. The number of benzene rings is 2. The highest BCUT2D eigenvalue weighted by atomic mass is 19.4. The number of H-pyrrole nitrogens is 1. The average molecular weight is 458 g/mol. The zero-order chi connectivity index (χ0) is 23.8. The Morgan fingerprint density at radius 2 is 1.85 bits per heavy atom. The third-order valence-electron chi connectivity index (χ3n) is 4.70. The Morgan fingerprint density at radius 3 is 2.55 bits per heavy atom. The molecule has 4 rings (SSSR count). The average Bonchev–Trinajstić information content (AvgIpc) is 3.44. The van der Waals surface area contributed by atoms with E-state index in [1.807, 2.05) is 17.4 Å². The van der Waals surface area contributed by atoms with E-state index in [0.717, 1.165) is 23.2 Å². The predicted octanol–water partition coefficient (Wildman–Crippen LogP) is 3.42. The molecule has 10 nitrogen and oxygen atoms in total. The number of aromatic amines is 1. The van der Waals surface area contributed by atoms with Crippen molar-refractivity contribution < 1.29 is 27.7 Å². The Hall–Kier alpha value is -4.55. The highest BCUT2D eigenvalue weighted by Gasteiger charge is 2.38. The normalized spacial score (nSPS) is 11.5. The summed E-state index contributed by atoms with van der Waals surface area (Å²) in [6.45, 7) is -0.898. The number of nitrogens with one attached hydrogen (secondary N) is 2. The number of carbonyl (C=O) groups excluding carboxylic acids is 2. The van der Waals surface area contributed by atoms with E-state index in [4.69, 9.17) is 0 Å². The topological polar surface area (TPSA) is 136 Å². The molecule has 0 aliphatic carbocycles. The lowest BCUT2D eigenvalue weighted by Gasteiger charge is -2.09. The second-order valence-electron chi connectivity index (χ2n) is 6.82. The number of hydrogen-bond acceptors (Lipinski definition) is 6. The summed E-state index contributed by atoms with van der Waals surface area (Å²) < 4.78 is 40.9. The molecule has 4 aromatic rings. The summed E-state index contributed by atoms with van der Waals surface area (Å²) in [5, 5.41) is 18.4. The van der Waals surface area contributed by atoms with Gasteiger partial charge in [0.2, 0.25) is 5.69 Å². The predicted molar refractivity (Wildman–Crippen MR) is 108 cm³/mol. The summed E-state index contributed by atoms with van der Waals surface area (Å²) >= 11 is 0. The van der Waals surface area contributed by atoms with Gasteiger partial charge < -0.3 is 15.4 Å². The van der Waals surface area contributed by atoms with Gasteiger partial charge in [0.15, 0.2) is 12.0 Å². The Kier molecular flexibility index (Phi) is 5.37. The Morgan fingerprint density at radius 1 is 1.12 bits per heavy atom. The quantitative estimate of drug-likeness (QED) is 0.347. The van der Waals surface area contributed by atoms with Gasteiger partial charge in [0.05, 0.1) is 12.2 Å². The van der Waals surface area contributed by atoms with Crippen molar-refractivity contribution in [3.05, 3.63) is 76.4 Å². The molecule has 2 aromatic carbocycles. The number of rotatable bonds is 5. The molecule has 0 fully saturated rings. The van der Waals surface area contributed by atoms with Crippen molar-refractivity contribution in [2.45, 2.75) is 6.18 Å². The fourth-order valence-electron chi connectivity index (χ4n) is 3.17. The Bertz CT molecular complexity index is 1390. The van der Waals surface area contributed by atoms with Gasteiger partial charge in [-0.05, 0) is 27.8 Å². The first-order valence-corrected chi connectivity index (χ1v) is 9.31. The minimum Gasteiger partial charge on any atom is -0.358 e. The van der Waals surface area contributed by atoms with Gasteiger partial charge in [0.25, 0.3) is 11.8 Å². The number of nitro groups is 1. The van der Waals surface area contributed by atoms with Gasteiger partial charge in [-0.2, -0.15) is 23.0 Å². The molecular formula is C20H13F3N6O4. The van der Waals surface area contributed by atoms with Gasteiger partial charge >= 0.3 is 12.0 Å². The second-order valence-corrected chi connectivity index (χ2v) is 6.82. The molecule has 33 heavy (non-hydrogen) atoms. The van der Waals surface area contributed by atoms with Crippen LogP contribution in [0.25, 0.3) is 22.0 Å². The van der Waals surface area contributed by atoms with E-state index in [1.54, 1.807) is 30.3 Å². The fraction of sp³-hybridized carbons (Fsp3) is 0.100. The maximum atomic E-state index is 13.6. The van der Waals surface area contributed by atoms with Crippen LogP contribution in [0.4, 0.5) is 19.0 Å². The SMILES string of the molecule is O=C(NCC(=O)n1nc(-c2ccc3ccccc3c2)cc1C(F)(F)F)c1nc[nH]c1[N+](=O)[O-]. The lowest BCUT2D eigenvalue weighted by Crippen LogP contribution is -2.34. The molecule has 2 aromatic heterocycles. The molecule has 0 bridgehead atoms. The van der Waals surface area contributed by atoms with Crippen molar-refractivity contribution >= 4 is 28.4 Å². The number of alkyl halides is 3. The number of hydrogen-bond donors (Lipinski definition) is 2. The lowest BCUT2D eigenvalue weighted by molar-refractivity contribution is -0.389. The third kappa shape index (κ3) is 4.28. The molecule has 13 heteroatoms. The summed E-state index contributed by atoms with van der Waals surface area (Å²) in [5.41, 5.74) is -1.66. The highest BCUT2D eigenvalue weighted by molar-refractivity contribution is 5.98. The zero-order valence-corrected chi connectivity index (χ0v) is 16.5. The maximum absolute atomic E-state index is 13.6. The van der Waals surface area contributed by atoms with Gasteiger partial charge in [-0.15, -0.1) is 0 Å². The lowest BCUT2D eigenvalue weighted by atomic mass is 10.1. The third-order valence-corrected chi connectivity index (χ3v) is 4.70. The van der Waals surface area contributed by atoms with E-state index in [2.05, 4.69) is 15.1 Å². The fourth-order valence-corrected chi connectivity index (χ4v) is 3.17. The van der Waals surface area contributed by atoms with E-state index >= 15 is 0 Å². The second kappa shape index (κ2) is 8.18. The van der Waals surface area contributed by atoms with E-state index < -0.39 is 46.7 Å². The molecule has 168 valence electrons. The molecule has 0 spiro atoms. The van der Waals surface area contributed by atoms with E-state index in [1.165, 1.54) is 0 Å². The number of amides is 1. The van der Waals surface area contributed by atoms with Crippen LogP contribution in [0.15, 0.2) is 54.9 Å². The number of nitrogens with zero attached hydrogens (tertiary/aromatic N) is 4. The molecule has 2 N–H and O–H groups in total. The Labute approximate surface area is 182 Å². The minimum atomic E-state index is -4.90. The van der Waals surface area contributed by atoms with Crippen LogP contribution in [0.5, 0.6) is 0 Å². The first-order chi connectivity index (χ1) is 15.6. The van der Waals surface area contributed by atoms with Crippen LogP contribution in [-0.4, -0.2) is 43.0 Å². The van der Waals surface area contributed by atoms with E-state index in [9.17, 15) is 32.9 Å². The van der Waals surface area contributed by atoms with Crippen molar-refractivity contribution in [2.24, 2.45) is 0 Å².